The summed E-state index contributed by atoms with van der Waals surface area (Å²) in [5, 5.41) is 0. The molecule has 15 heavy (non-hydrogen) atoms. The van der Waals surface area contributed by atoms with Crippen molar-refractivity contribution in [3.63, 3.8) is 0 Å². The third kappa shape index (κ3) is 1.27. The van der Waals surface area contributed by atoms with Crippen molar-refractivity contribution in [1.29, 1.82) is 0 Å². The second-order valence-electron chi connectivity index (χ2n) is 3.85. The van der Waals surface area contributed by atoms with Crippen molar-refractivity contribution in [2.75, 3.05) is 13.1 Å². The summed E-state index contributed by atoms with van der Waals surface area (Å²) < 4.78 is 0. The molecule has 0 saturated heterocycles. The number of nitrogens with zero attached hydrogens (tertiary/aromatic N) is 3. The summed E-state index contributed by atoms with van der Waals surface area (Å²) in [5.74, 6) is 1.09. The van der Waals surface area contributed by atoms with Crippen molar-refractivity contribution < 1.29 is 0 Å². The number of amidine groups is 1. The second-order valence-corrected chi connectivity index (χ2v) is 3.85. The lowest BCUT2D eigenvalue weighted by atomic mass is 10.0. The molecule has 2 aliphatic heterocycles. The summed E-state index contributed by atoms with van der Waals surface area (Å²) in [5.41, 5.74) is 3.58. The first-order valence-electron chi connectivity index (χ1n) is 5.37. The molecule has 76 valence electrons. The van der Waals surface area contributed by atoms with E-state index in [1.807, 2.05) is 6.34 Å². The monoisotopic (exact) mass is 199 g/mol. The minimum atomic E-state index is 0.886. The molecular formula is C12H13N3. The molecule has 0 radical (unpaired) electrons. The van der Waals surface area contributed by atoms with Crippen molar-refractivity contribution in [2.45, 2.75) is 13.3 Å². The fraction of sp³-hybridized carbons (Fsp3) is 0.333. The van der Waals surface area contributed by atoms with E-state index in [2.05, 4.69) is 40.0 Å². The van der Waals surface area contributed by atoms with Crippen molar-refractivity contribution in [3.05, 3.63) is 29.3 Å². The maximum absolute atomic E-state index is 4.53. The molecule has 3 nitrogen and oxygen atoms in total. The molecule has 2 aliphatic rings. The van der Waals surface area contributed by atoms with E-state index in [-0.39, 0.29) is 0 Å². The molecule has 3 heteroatoms. The summed E-state index contributed by atoms with van der Waals surface area (Å²) in [4.78, 5) is 11.1. The molecule has 0 aromatic heterocycles. The van der Waals surface area contributed by atoms with Gasteiger partial charge < -0.3 is 4.90 Å². The van der Waals surface area contributed by atoms with Gasteiger partial charge in [-0.25, -0.2) is 4.99 Å². The van der Waals surface area contributed by atoms with Crippen molar-refractivity contribution >= 4 is 17.9 Å². The Morgan fingerprint density at radius 2 is 2.33 bits per heavy atom. The fourth-order valence-corrected chi connectivity index (χ4v) is 2.04. The predicted octanol–water partition coefficient (Wildman–Crippen LogP) is 1.98. The van der Waals surface area contributed by atoms with Gasteiger partial charge in [-0.05, 0) is 24.1 Å². The number of aryl methyl sites for hydroxylation is 1. The molecule has 0 spiro atoms. The molecule has 1 aromatic rings. The minimum absolute atomic E-state index is 0.886. The van der Waals surface area contributed by atoms with Crippen LogP contribution in [-0.4, -0.2) is 30.2 Å². The Morgan fingerprint density at radius 3 is 3.20 bits per heavy atom. The molecule has 0 atom stereocenters. The topological polar surface area (TPSA) is 28.0 Å². The molecular weight excluding hydrogens is 186 g/mol. The Bertz CT molecular complexity index is 460. The van der Waals surface area contributed by atoms with Crippen LogP contribution in [0.25, 0.3) is 0 Å². The van der Waals surface area contributed by atoms with Crippen LogP contribution in [0, 0.1) is 0 Å². The van der Waals surface area contributed by atoms with E-state index in [0.29, 0.717) is 0 Å². The van der Waals surface area contributed by atoms with Gasteiger partial charge in [-0.15, -0.1) is 0 Å². The van der Waals surface area contributed by atoms with E-state index < -0.39 is 0 Å². The van der Waals surface area contributed by atoms with Crippen LogP contribution < -0.4 is 0 Å². The normalized spacial score (nSPS) is 17.4. The van der Waals surface area contributed by atoms with E-state index >= 15 is 0 Å². The molecule has 0 amide bonds. The fourth-order valence-electron chi connectivity index (χ4n) is 2.04. The smallest absolute Gasteiger partial charge is 0.138 e. The number of hydrogen-bond acceptors (Lipinski definition) is 3. The average molecular weight is 199 g/mol. The van der Waals surface area contributed by atoms with Crippen LogP contribution in [0.2, 0.25) is 0 Å². The predicted molar refractivity (Wildman–Crippen MR) is 62.1 cm³/mol. The largest absolute Gasteiger partial charge is 0.315 e. The van der Waals surface area contributed by atoms with Crippen LogP contribution in [-0.2, 0) is 6.42 Å². The van der Waals surface area contributed by atoms with Gasteiger partial charge in [0.25, 0.3) is 0 Å². The standard InChI is InChI=1S/C12H13N3/c1-2-9-3-4-11-10(7-9)12-13-5-6-15(12)8-14-11/h3-4,7-8H,2,5-6H2,1H3. The lowest BCUT2D eigenvalue weighted by molar-refractivity contribution is 0.680. The van der Waals surface area contributed by atoms with E-state index in [4.69, 9.17) is 0 Å². The first-order valence-corrected chi connectivity index (χ1v) is 5.37. The quantitative estimate of drug-likeness (QED) is 0.679. The Kier molecular flexibility index (Phi) is 1.84. The third-order valence-electron chi connectivity index (χ3n) is 2.92. The van der Waals surface area contributed by atoms with Crippen LogP contribution in [0.4, 0.5) is 5.69 Å². The third-order valence-corrected chi connectivity index (χ3v) is 2.92. The lowest BCUT2D eigenvalue weighted by Gasteiger charge is -2.21. The lowest BCUT2D eigenvalue weighted by Crippen LogP contribution is -2.29. The van der Waals surface area contributed by atoms with Gasteiger partial charge in [-0.2, -0.15) is 0 Å². The summed E-state index contributed by atoms with van der Waals surface area (Å²) >= 11 is 0. The first-order chi connectivity index (χ1) is 7.38. The van der Waals surface area contributed by atoms with Gasteiger partial charge in [0.05, 0.1) is 18.6 Å². The Balaban J connectivity index is 2.16. The van der Waals surface area contributed by atoms with Gasteiger partial charge in [-0.3, -0.25) is 4.99 Å². The van der Waals surface area contributed by atoms with Gasteiger partial charge in [0.15, 0.2) is 0 Å². The summed E-state index contributed by atoms with van der Waals surface area (Å²) in [6.45, 7) is 4.02. The van der Waals surface area contributed by atoms with Gasteiger partial charge in [0.1, 0.15) is 5.84 Å². The molecule has 0 fully saturated rings. The zero-order valence-corrected chi connectivity index (χ0v) is 8.77. The number of aliphatic imine (C=N–C) groups is 2. The van der Waals surface area contributed by atoms with Gasteiger partial charge in [0, 0.05) is 12.1 Å². The highest BCUT2D eigenvalue weighted by molar-refractivity contribution is 6.11. The molecule has 0 unspecified atom stereocenters. The number of benzene rings is 1. The van der Waals surface area contributed by atoms with Gasteiger partial charge >= 0.3 is 0 Å². The first kappa shape index (κ1) is 8.65. The van der Waals surface area contributed by atoms with Crippen LogP contribution in [0.15, 0.2) is 28.2 Å². The average Bonchev–Trinajstić information content (AvgIpc) is 2.76. The highest BCUT2D eigenvalue weighted by Crippen LogP contribution is 2.27. The van der Waals surface area contributed by atoms with Gasteiger partial charge in [0.2, 0.25) is 0 Å². The van der Waals surface area contributed by atoms with Crippen molar-refractivity contribution in [2.24, 2.45) is 9.98 Å². The Labute approximate surface area is 89.2 Å². The molecule has 0 N–H and O–H groups in total. The Hall–Kier alpha value is -1.64. The Morgan fingerprint density at radius 1 is 1.40 bits per heavy atom. The van der Waals surface area contributed by atoms with Gasteiger partial charge in [-0.1, -0.05) is 13.0 Å². The summed E-state index contributed by atoms with van der Waals surface area (Å²) in [7, 11) is 0. The van der Waals surface area contributed by atoms with Crippen LogP contribution in [0.5, 0.6) is 0 Å². The zero-order valence-electron chi connectivity index (χ0n) is 8.77. The maximum Gasteiger partial charge on any atom is 0.138 e. The molecule has 3 rings (SSSR count). The van der Waals surface area contributed by atoms with Crippen LogP contribution in [0.3, 0.4) is 0 Å². The van der Waals surface area contributed by atoms with E-state index in [1.54, 1.807) is 0 Å². The number of hydrogen-bond donors (Lipinski definition) is 0. The minimum Gasteiger partial charge on any atom is -0.315 e. The highest BCUT2D eigenvalue weighted by Gasteiger charge is 2.22. The molecule has 1 aromatic carbocycles. The van der Waals surface area contributed by atoms with Crippen molar-refractivity contribution in [1.82, 2.24) is 4.90 Å². The molecule has 0 saturated carbocycles. The SMILES string of the molecule is CCc1ccc2c(c1)C1=NCCN1C=N2. The van der Waals surface area contributed by atoms with Crippen LogP contribution >= 0.6 is 0 Å². The van der Waals surface area contributed by atoms with Crippen LogP contribution in [0.1, 0.15) is 18.1 Å². The molecule has 0 bridgehead atoms. The second kappa shape index (κ2) is 3.19. The summed E-state index contributed by atoms with van der Waals surface area (Å²) in [6.07, 6.45) is 2.95. The van der Waals surface area contributed by atoms with E-state index in [1.165, 1.54) is 11.1 Å². The maximum atomic E-state index is 4.53. The van der Waals surface area contributed by atoms with E-state index in [9.17, 15) is 0 Å². The zero-order chi connectivity index (χ0) is 10.3. The molecule has 2 heterocycles. The summed E-state index contributed by atoms with van der Waals surface area (Å²) in [6, 6.07) is 6.44. The van der Waals surface area contributed by atoms with Crippen molar-refractivity contribution in [3.8, 4) is 0 Å². The van der Waals surface area contributed by atoms with E-state index in [0.717, 1.165) is 31.0 Å². The number of rotatable bonds is 1. The molecule has 0 aliphatic carbocycles. The number of fused-ring (bicyclic) bond motifs is 3. The highest BCUT2D eigenvalue weighted by atomic mass is 15.3.